The van der Waals surface area contributed by atoms with Gasteiger partial charge in [0.1, 0.15) is 16.4 Å². The van der Waals surface area contributed by atoms with Crippen LogP contribution in [0.3, 0.4) is 0 Å². The molecule has 2 atom stereocenters. The van der Waals surface area contributed by atoms with Gasteiger partial charge in [-0.1, -0.05) is 102 Å². The Morgan fingerprint density at radius 1 is 0.711 bits per heavy atom. The Morgan fingerprint density at radius 2 is 1.27 bits per heavy atom. The fourth-order valence-corrected chi connectivity index (χ4v) is 7.16. The number of carbonyl (C=O) groups excluding carboxylic acids is 3. The van der Waals surface area contributed by atoms with E-state index >= 15 is 0 Å². The lowest BCUT2D eigenvalue weighted by molar-refractivity contribution is 0.0933. The lowest BCUT2D eigenvalue weighted by Gasteiger charge is -2.43. The Labute approximate surface area is 276 Å². The van der Waals surface area contributed by atoms with E-state index in [4.69, 9.17) is 44.3 Å². The van der Waals surface area contributed by atoms with Gasteiger partial charge in [-0.15, -0.1) is 11.6 Å². The quantitative estimate of drug-likeness (QED) is 0.140. The number of halogens is 3. The fourth-order valence-electron chi connectivity index (χ4n) is 6.21. The number of ether oxygens (including phenoxy) is 2. The SMILES string of the molecule is CCOc1c(Cl)cccc1C1=CC2=C(C(=O)c3ccccc3C2=O)C(c2cccc(Cl)c2OCC)C1(Cl)C(=O)c1ccccc1. The molecule has 8 heteroatoms. The highest BCUT2D eigenvalue weighted by molar-refractivity contribution is 6.47. The van der Waals surface area contributed by atoms with Crippen molar-refractivity contribution in [2.75, 3.05) is 13.2 Å². The van der Waals surface area contributed by atoms with Crippen molar-refractivity contribution in [1.29, 1.82) is 0 Å². The van der Waals surface area contributed by atoms with Crippen LogP contribution in [0.5, 0.6) is 11.5 Å². The van der Waals surface area contributed by atoms with Crippen molar-refractivity contribution in [2.24, 2.45) is 0 Å². The fraction of sp³-hybridized carbons (Fsp3) is 0.162. The third-order valence-electron chi connectivity index (χ3n) is 8.07. The second kappa shape index (κ2) is 12.3. The van der Waals surface area contributed by atoms with Crippen LogP contribution in [0.2, 0.25) is 10.0 Å². The molecule has 0 aromatic heterocycles. The molecule has 5 nitrogen and oxygen atoms in total. The minimum Gasteiger partial charge on any atom is -0.492 e. The standard InChI is InChI=1S/C37H27Cl3O5/c1-3-44-34-24(16-10-18-28(34)38)27-20-26-30(33(42)23-15-9-8-14-22(23)32(26)41)31(25-17-11-19-29(39)35(25)45-4-2)37(27,40)36(43)21-12-6-5-7-13-21/h5-20,31H,3-4H2,1-2H3. The molecule has 4 aromatic rings. The van der Waals surface area contributed by atoms with E-state index in [1.807, 2.05) is 6.92 Å². The van der Waals surface area contributed by atoms with E-state index in [-0.39, 0.29) is 57.6 Å². The highest BCUT2D eigenvalue weighted by Gasteiger charge is 2.57. The van der Waals surface area contributed by atoms with Gasteiger partial charge in [0.05, 0.1) is 23.3 Å². The molecular formula is C37H27Cl3O5. The molecule has 2 aliphatic carbocycles. The van der Waals surface area contributed by atoms with Crippen LogP contribution in [-0.4, -0.2) is 35.4 Å². The summed E-state index contributed by atoms with van der Waals surface area (Å²) in [7, 11) is 0. The van der Waals surface area contributed by atoms with Crippen LogP contribution in [0, 0.1) is 0 Å². The van der Waals surface area contributed by atoms with Crippen LogP contribution in [-0.2, 0) is 0 Å². The molecule has 0 radical (unpaired) electrons. The van der Waals surface area contributed by atoms with Crippen molar-refractivity contribution in [2.45, 2.75) is 24.6 Å². The summed E-state index contributed by atoms with van der Waals surface area (Å²) in [5, 5.41) is 0.568. The maximum atomic E-state index is 15.0. The third-order valence-corrected chi connectivity index (χ3v) is 9.26. The van der Waals surface area contributed by atoms with Crippen molar-refractivity contribution in [3.05, 3.63) is 146 Å². The zero-order chi connectivity index (χ0) is 31.9. The summed E-state index contributed by atoms with van der Waals surface area (Å²) in [6.07, 6.45) is 1.55. The number of Topliss-reactive ketones (excluding diaryl/α,β-unsaturated/α-hetero) is 3. The Balaban J connectivity index is 1.77. The Morgan fingerprint density at radius 3 is 1.93 bits per heavy atom. The van der Waals surface area contributed by atoms with Gasteiger partial charge in [-0.25, -0.2) is 0 Å². The minimum absolute atomic E-state index is 0.0879. The molecule has 0 fully saturated rings. The van der Waals surface area contributed by atoms with Crippen LogP contribution >= 0.6 is 34.8 Å². The number of para-hydroxylation sites is 2. The van der Waals surface area contributed by atoms with Crippen LogP contribution in [0.25, 0.3) is 5.57 Å². The first-order valence-electron chi connectivity index (χ1n) is 14.5. The van der Waals surface area contributed by atoms with E-state index in [1.165, 1.54) is 0 Å². The van der Waals surface area contributed by atoms with Gasteiger partial charge in [0.25, 0.3) is 0 Å². The van der Waals surface area contributed by atoms with Crippen LogP contribution in [0.15, 0.2) is 108 Å². The van der Waals surface area contributed by atoms with E-state index in [1.54, 1.807) is 104 Å². The van der Waals surface area contributed by atoms with E-state index in [0.29, 0.717) is 27.5 Å². The molecule has 0 N–H and O–H groups in total. The molecule has 0 saturated carbocycles. The zero-order valence-corrected chi connectivity index (χ0v) is 26.7. The predicted octanol–water partition coefficient (Wildman–Crippen LogP) is 9.21. The third kappa shape index (κ3) is 5.00. The van der Waals surface area contributed by atoms with Gasteiger partial charge in [-0.3, -0.25) is 14.4 Å². The summed E-state index contributed by atoms with van der Waals surface area (Å²) >= 11 is 21.2. The lowest BCUT2D eigenvalue weighted by atomic mass is 9.62. The minimum atomic E-state index is -1.99. The molecule has 2 aliphatic rings. The highest BCUT2D eigenvalue weighted by atomic mass is 35.5. The zero-order valence-electron chi connectivity index (χ0n) is 24.4. The molecule has 2 unspecified atom stereocenters. The number of carbonyl (C=O) groups is 3. The molecule has 0 amide bonds. The lowest BCUT2D eigenvalue weighted by Crippen LogP contribution is -2.46. The second-order valence-electron chi connectivity index (χ2n) is 10.6. The smallest absolute Gasteiger partial charge is 0.194 e. The van der Waals surface area contributed by atoms with Crippen LogP contribution in [0.4, 0.5) is 0 Å². The van der Waals surface area contributed by atoms with E-state index < -0.39 is 22.4 Å². The van der Waals surface area contributed by atoms with Gasteiger partial charge < -0.3 is 9.47 Å². The van der Waals surface area contributed by atoms with E-state index in [0.717, 1.165) is 0 Å². The Hall–Kier alpha value is -4.16. The number of allylic oxidation sites excluding steroid dienone is 4. The second-order valence-corrected chi connectivity index (χ2v) is 12.0. The number of rotatable bonds is 8. The number of ketones is 3. The van der Waals surface area contributed by atoms with Gasteiger partial charge in [0.2, 0.25) is 0 Å². The first-order chi connectivity index (χ1) is 21.7. The largest absolute Gasteiger partial charge is 0.492 e. The van der Waals surface area contributed by atoms with Crippen molar-refractivity contribution >= 4 is 57.7 Å². The number of fused-ring (bicyclic) bond motifs is 1. The molecule has 0 spiro atoms. The molecule has 0 bridgehead atoms. The first kappa shape index (κ1) is 30.8. The van der Waals surface area contributed by atoms with Crippen molar-refractivity contribution in [3.8, 4) is 11.5 Å². The molecule has 6 rings (SSSR count). The topological polar surface area (TPSA) is 69.7 Å². The summed E-state index contributed by atoms with van der Waals surface area (Å²) in [5.74, 6) is -1.91. The summed E-state index contributed by atoms with van der Waals surface area (Å²) in [6, 6.07) is 25.5. The Kier molecular flexibility index (Phi) is 8.45. The van der Waals surface area contributed by atoms with Gasteiger partial charge >= 0.3 is 0 Å². The monoisotopic (exact) mass is 656 g/mol. The molecule has 0 aliphatic heterocycles. The van der Waals surface area contributed by atoms with Crippen LogP contribution in [0.1, 0.15) is 62.0 Å². The summed E-state index contributed by atoms with van der Waals surface area (Å²) in [5.41, 5.74) is 2.08. The average molecular weight is 658 g/mol. The molecule has 0 saturated heterocycles. The van der Waals surface area contributed by atoms with E-state index in [9.17, 15) is 14.4 Å². The average Bonchev–Trinajstić information content (AvgIpc) is 3.05. The number of hydrogen-bond acceptors (Lipinski definition) is 5. The van der Waals surface area contributed by atoms with Crippen LogP contribution < -0.4 is 9.47 Å². The van der Waals surface area contributed by atoms with Crippen molar-refractivity contribution < 1.29 is 23.9 Å². The number of alkyl halides is 1. The maximum absolute atomic E-state index is 15.0. The van der Waals surface area contributed by atoms with E-state index in [2.05, 4.69) is 0 Å². The van der Waals surface area contributed by atoms with Crippen molar-refractivity contribution in [3.63, 3.8) is 0 Å². The van der Waals surface area contributed by atoms with Gasteiger partial charge in [0.15, 0.2) is 17.3 Å². The highest BCUT2D eigenvalue weighted by Crippen LogP contribution is 2.59. The number of benzene rings is 4. The summed E-state index contributed by atoms with van der Waals surface area (Å²) in [6.45, 7) is 4.14. The molecule has 45 heavy (non-hydrogen) atoms. The van der Waals surface area contributed by atoms with Gasteiger partial charge in [-0.2, -0.15) is 0 Å². The van der Waals surface area contributed by atoms with Gasteiger partial charge in [0, 0.05) is 44.9 Å². The molecule has 4 aromatic carbocycles. The van der Waals surface area contributed by atoms with Crippen molar-refractivity contribution in [1.82, 2.24) is 0 Å². The maximum Gasteiger partial charge on any atom is 0.194 e. The molecular weight excluding hydrogens is 631 g/mol. The number of hydrogen-bond donors (Lipinski definition) is 0. The normalized spacial score (nSPS) is 19.0. The van der Waals surface area contributed by atoms with Gasteiger partial charge in [-0.05, 0) is 37.6 Å². The Bertz CT molecular complexity index is 1930. The molecule has 0 heterocycles. The first-order valence-corrected chi connectivity index (χ1v) is 15.6. The summed E-state index contributed by atoms with van der Waals surface area (Å²) in [4.78, 5) is 41.8. The predicted molar refractivity (Wildman–Crippen MR) is 177 cm³/mol. The summed E-state index contributed by atoms with van der Waals surface area (Å²) < 4.78 is 12.1. The molecule has 226 valence electrons.